The Morgan fingerprint density at radius 2 is 1.89 bits per heavy atom. The van der Waals surface area contributed by atoms with Gasteiger partial charge in [0.1, 0.15) is 5.75 Å². The van der Waals surface area contributed by atoms with Crippen LogP contribution >= 0.6 is 11.6 Å². The van der Waals surface area contributed by atoms with Crippen molar-refractivity contribution in [2.24, 2.45) is 0 Å². The van der Waals surface area contributed by atoms with Gasteiger partial charge < -0.3 is 14.8 Å². The quantitative estimate of drug-likeness (QED) is 0.726. The average molecular weight is 403 g/mol. The molecule has 1 unspecified atom stereocenters. The Morgan fingerprint density at radius 3 is 2.57 bits per heavy atom. The number of rotatable bonds is 8. The van der Waals surface area contributed by atoms with Crippen molar-refractivity contribution in [2.45, 2.75) is 19.4 Å². The van der Waals surface area contributed by atoms with Crippen LogP contribution < -0.4 is 10.1 Å². The second-order valence-electron chi connectivity index (χ2n) is 6.77. The SMILES string of the molecule is CCCOc1ccc(C(=O)NCC(c2ccccc2Cl)N2CCOCC2)cc1. The molecule has 1 aliphatic heterocycles. The summed E-state index contributed by atoms with van der Waals surface area (Å²) in [6.45, 7) is 6.22. The fourth-order valence-electron chi connectivity index (χ4n) is 3.28. The number of hydrogen-bond acceptors (Lipinski definition) is 4. The Hall–Kier alpha value is -2.08. The molecule has 3 rings (SSSR count). The smallest absolute Gasteiger partial charge is 0.251 e. The zero-order valence-corrected chi connectivity index (χ0v) is 17.0. The Kier molecular flexibility index (Phi) is 7.71. The third-order valence-corrected chi connectivity index (χ3v) is 5.14. The highest BCUT2D eigenvalue weighted by molar-refractivity contribution is 6.31. The van der Waals surface area contributed by atoms with Crippen molar-refractivity contribution < 1.29 is 14.3 Å². The summed E-state index contributed by atoms with van der Waals surface area (Å²) in [6, 6.07) is 15.1. The third-order valence-electron chi connectivity index (χ3n) is 4.80. The first kappa shape index (κ1) is 20.6. The lowest BCUT2D eigenvalue weighted by Crippen LogP contribution is -2.44. The minimum absolute atomic E-state index is 0.00807. The highest BCUT2D eigenvalue weighted by Gasteiger charge is 2.25. The van der Waals surface area contributed by atoms with E-state index < -0.39 is 0 Å². The molecular formula is C22H27ClN2O3. The molecule has 150 valence electrons. The Bertz CT molecular complexity index is 761. The van der Waals surface area contributed by atoms with Crippen LogP contribution in [-0.4, -0.2) is 50.3 Å². The van der Waals surface area contributed by atoms with E-state index >= 15 is 0 Å². The van der Waals surface area contributed by atoms with E-state index in [1.54, 1.807) is 12.1 Å². The van der Waals surface area contributed by atoms with Gasteiger partial charge in [0.15, 0.2) is 0 Å². The van der Waals surface area contributed by atoms with Crippen molar-refractivity contribution in [3.8, 4) is 5.75 Å². The predicted molar refractivity (Wildman–Crippen MR) is 111 cm³/mol. The van der Waals surface area contributed by atoms with Crippen molar-refractivity contribution in [3.63, 3.8) is 0 Å². The number of benzene rings is 2. The van der Waals surface area contributed by atoms with Gasteiger partial charge in [0.05, 0.1) is 25.9 Å². The van der Waals surface area contributed by atoms with E-state index in [4.69, 9.17) is 21.1 Å². The summed E-state index contributed by atoms with van der Waals surface area (Å²) in [6.07, 6.45) is 0.952. The zero-order valence-electron chi connectivity index (χ0n) is 16.2. The first-order valence-electron chi connectivity index (χ1n) is 9.76. The molecule has 1 fully saturated rings. The van der Waals surface area contributed by atoms with Gasteiger partial charge in [0, 0.05) is 30.2 Å². The maximum Gasteiger partial charge on any atom is 0.251 e. The second-order valence-corrected chi connectivity index (χ2v) is 7.18. The van der Waals surface area contributed by atoms with Gasteiger partial charge in [-0.25, -0.2) is 0 Å². The molecule has 0 radical (unpaired) electrons. The summed E-state index contributed by atoms with van der Waals surface area (Å²) >= 11 is 6.45. The van der Waals surface area contributed by atoms with E-state index in [0.29, 0.717) is 37.0 Å². The fourth-order valence-corrected chi connectivity index (χ4v) is 3.55. The van der Waals surface area contributed by atoms with Crippen molar-refractivity contribution >= 4 is 17.5 Å². The minimum Gasteiger partial charge on any atom is -0.494 e. The van der Waals surface area contributed by atoms with Gasteiger partial charge in [0.25, 0.3) is 5.91 Å². The lowest BCUT2D eigenvalue weighted by atomic mass is 10.0. The normalized spacial score (nSPS) is 15.8. The minimum atomic E-state index is -0.104. The molecule has 0 spiro atoms. The lowest BCUT2D eigenvalue weighted by Gasteiger charge is -2.35. The number of halogens is 1. The molecule has 1 N–H and O–H groups in total. The number of nitrogens with zero attached hydrogens (tertiary/aromatic N) is 1. The van der Waals surface area contributed by atoms with Gasteiger partial charge in [-0.15, -0.1) is 0 Å². The highest BCUT2D eigenvalue weighted by Crippen LogP contribution is 2.28. The van der Waals surface area contributed by atoms with Crippen LogP contribution in [0.4, 0.5) is 0 Å². The molecule has 2 aromatic carbocycles. The van der Waals surface area contributed by atoms with Crippen LogP contribution in [0.15, 0.2) is 48.5 Å². The van der Waals surface area contributed by atoms with Gasteiger partial charge in [-0.05, 0) is 42.3 Å². The van der Waals surface area contributed by atoms with Crippen molar-refractivity contribution in [2.75, 3.05) is 39.5 Å². The van der Waals surface area contributed by atoms with Crippen LogP contribution in [0, 0.1) is 0 Å². The molecule has 1 amide bonds. The van der Waals surface area contributed by atoms with E-state index in [1.807, 2.05) is 36.4 Å². The summed E-state index contributed by atoms with van der Waals surface area (Å²) in [5.41, 5.74) is 1.64. The lowest BCUT2D eigenvalue weighted by molar-refractivity contribution is 0.0162. The monoisotopic (exact) mass is 402 g/mol. The number of morpholine rings is 1. The van der Waals surface area contributed by atoms with Gasteiger partial charge in [-0.3, -0.25) is 9.69 Å². The van der Waals surface area contributed by atoms with Crippen LogP contribution in [0.25, 0.3) is 0 Å². The largest absolute Gasteiger partial charge is 0.494 e. The van der Waals surface area contributed by atoms with Crippen LogP contribution in [0.2, 0.25) is 5.02 Å². The van der Waals surface area contributed by atoms with Crippen LogP contribution in [-0.2, 0) is 4.74 Å². The molecular weight excluding hydrogens is 376 g/mol. The van der Waals surface area contributed by atoms with Crippen molar-refractivity contribution in [1.29, 1.82) is 0 Å². The molecule has 0 aromatic heterocycles. The van der Waals surface area contributed by atoms with Crippen molar-refractivity contribution in [3.05, 3.63) is 64.7 Å². The fraction of sp³-hybridized carbons (Fsp3) is 0.409. The summed E-state index contributed by atoms with van der Waals surface area (Å²) in [4.78, 5) is 15.0. The summed E-state index contributed by atoms with van der Waals surface area (Å²) < 4.78 is 11.0. The van der Waals surface area contributed by atoms with Gasteiger partial charge >= 0.3 is 0 Å². The molecule has 5 nitrogen and oxygen atoms in total. The number of carbonyl (C=O) groups excluding carboxylic acids is 1. The highest BCUT2D eigenvalue weighted by atomic mass is 35.5. The summed E-state index contributed by atoms with van der Waals surface area (Å²) in [5, 5.41) is 3.78. The molecule has 1 aliphatic rings. The van der Waals surface area contributed by atoms with E-state index in [2.05, 4.69) is 17.1 Å². The third kappa shape index (κ3) is 5.47. The predicted octanol–water partition coefficient (Wildman–Crippen LogP) is 3.93. The summed E-state index contributed by atoms with van der Waals surface area (Å²) in [5.74, 6) is 0.674. The van der Waals surface area contributed by atoms with Gasteiger partial charge in [-0.1, -0.05) is 36.7 Å². The van der Waals surface area contributed by atoms with E-state index in [1.165, 1.54) is 0 Å². The molecule has 1 atom stereocenters. The molecule has 0 bridgehead atoms. The Morgan fingerprint density at radius 1 is 1.18 bits per heavy atom. The number of carbonyl (C=O) groups is 1. The Balaban J connectivity index is 1.67. The van der Waals surface area contributed by atoms with Crippen LogP contribution in [0.1, 0.15) is 35.3 Å². The molecule has 1 saturated heterocycles. The zero-order chi connectivity index (χ0) is 19.8. The summed E-state index contributed by atoms with van der Waals surface area (Å²) in [7, 11) is 0. The number of hydrogen-bond donors (Lipinski definition) is 1. The second kappa shape index (κ2) is 10.5. The molecule has 0 saturated carbocycles. The van der Waals surface area contributed by atoms with Gasteiger partial charge in [0.2, 0.25) is 0 Å². The number of ether oxygens (including phenoxy) is 2. The molecule has 2 aromatic rings. The van der Waals surface area contributed by atoms with Crippen molar-refractivity contribution in [1.82, 2.24) is 10.2 Å². The first-order chi connectivity index (χ1) is 13.7. The molecule has 28 heavy (non-hydrogen) atoms. The molecule has 6 heteroatoms. The van der Waals surface area contributed by atoms with Crippen LogP contribution in [0.5, 0.6) is 5.75 Å². The molecule has 1 heterocycles. The van der Waals surface area contributed by atoms with Crippen LogP contribution in [0.3, 0.4) is 0 Å². The number of nitrogens with one attached hydrogen (secondary N) is 1. The maximum absolute atomic E-state index is 12.6. The topological polar surface area (TPSA) is 50.8 Å². The van der Waals surface area contributed by atoms with E-state index in [9.17, 15) is 4.79 Å². The maximum atomic E-state index is 12.6. The van der Waals surface area contributed by atoms with E-state index in [0.717, 1.165) is 30.8 Å². The molecule has 0 aliphatic carbocycles. The Labute approximate surface area is 171 Å². The first-order valence-corrected chi connectivity index (χ1v) is 10.1. The standard InChI is InChI=1S/C22H27ClN2O3/c1-2-13-28-18-9-7-17(8-10-18)22(26)24-16-21(25-11-14-27-15-12-25)19-5-3-4-6-20(19)23/h3-10,21H,2,11-16H2,1H3,(H,24,26). The number of amides is 1. The van der Waals surface area contributed by atoms with Gasteiger partial charge in [-0.2, -0.15) is 0 Å². The average Bonchev–Trinajstić information content (AvgIpc) is 2.74. The van der Waals surface area contributed by atoms with E-state index in [-0.39, 0.29) is 11.9 Å².